The number of nitrogens with zero attached hydrogens (tertiary/aromatic N) is 1. The molecule has 0 aliphatic heterocycles. The molecule has 1 aromatic carbocycles. The predicted octanol–water partition coefficient (Wildman–Crippen LogP) is 2.33. The highest BCUT2D eigenvalue weighted by Gasteiger charge is 2.38. The fraction of sp³-hybridized carbons (Fsp3) is 0.455. The zero-order valence-corrected chi connectivity index (χ0v) is 11.7. The van der Waals surface area contributed by atoms with Gasteiger partial charge in [0.1, 0.15) is 5.02 Å². The molecular formula is C11H13ClN2O4S. The fourth-order valence-electron chi connectivity index (χ4n) is 1.91. The van der Waals surface area contributed by atoms with Crippen LogP contribution in [0.3, 0.4) is 0 Å². The highest BCUT2D eigenvalue weighted by molar-refractivity contribution is 7.89. The number of sulfonamides is 1. The molecule has 0 saturated heterocycles. The zero-order valence-electron chi connectivity index (χ0n) is 10.2. The van der Waals surface area contributed by atoms with Gasteiger partial charge in [-0.25, -0.2) is 13.1 Å². The van der Waals surface area contributed by atoms with Crippen LogP contribution in [0.15, 0.2) is 23.1 Å². The van der Waals surface area contributed by atoms with Crippen LogP contribution in [0.2, 0.25) is 5.02 Å². The van der Waals surface area contributed by atoms with Crippen LogP contribution in [0.5, 0.6) is 0 Å². The molecule has 1 aliphatic rings. The van der Waals surface area contributed by atoms with Gasteiger partial charge in [-0.15, -0.1) is 0 Å². The average Bonchev–Trinajstić information content (AvgIpc) is 3.06. The van der Waals surface area contributed by atoms with Crippen molar-refractivity contribution < 1.29 is 13.3 Å². The van der Waals surface area contributed by atoms with Gasteiger partial charge >= 0.3 is 0 Å². The van der Waals surface area contributed by atoms with E-state index in [1.54, 1.807) is 0 Å². The fourth-order valence-corrected chi connectivity index (χ4v) is 3.43. The summed E-state index contributed by atoms with van der Waals surface area (Å²) in [4.78, 5) is 9.90. The van der Waals surface area contributed by atoms with Crippen molar-refractivity contribution in [1.82, 2.24) is 4.72 Å². The van der Waals surface area contributed by atoms with E-state index in [4.69, 9.17) is 11.6 Å². The molecule has 2 unspecified atom stereocenters. The second-order valence-electron chi connectivity index (χ2n) is 4.50. The Morgan fingerprint density at radius 2 is 2.21 bits per heavy atom. The van der Waals surface area contributed by atoms with Crippen molar-refractivity contribution in [3.8, 4) is 0 Å². The van der Waals surface area contributed by atoms with Gasteiger partial charge in [-0.2, -0.15) is 0 Å². The Morgan fingerprint density at radius 1 is 1.53 bits per heavy atom. The molecule has 0 spiro atoms. The summed E-state index contributed by atoms with van der Waals surface area (Å²) in [6.07, 6.45) is 1.72. The molecule has 8 heteroatoms. The van der Waals surface area contributed by atoms with E-state index in [0.717, 1.165) is 18.9 Å². The number of benzene rings is 1. The smallest absolute Gasteiger partial charge is 0.258 e. The van der Waals surface area contributed by atoms with Crippen molar-refractivity contribution in [2.45, 2.75) is 30.7 Å². The topological polar surface area (TPSA) is 89.3 Å². The third kappa shape index (κ3) is 3.05. The molecule has 0 aromatic heterocycles. The minimum Gasteiger partial charge on any atom is -0.258 e. The molecule has 19 heavy (non-hydrogen) atoms. The average molecular weight is 305 g/mol. The maximum Gasteiger partial charge on any atom is 0.289 e. The van der Waals surface area contributed by atoms with Gasteiger partial charge in [-0.3, -0.25) is 10.1 Å². The van der Waals surface area contributed by atoms with E-state index in [2.05, 4.69) is 4.72 Å². The van der Waals surface area contributed by atoms with E-state index in [0.29, 0.717) is 5.92 Å². The third-order valence-corrected chi connectivity index (χ3v) is 4.99. The van der Waals surface area contributed by atoms with E-state index in [9.17, 15) is 18.5 Å². The predicted molar refractivity (Wildman–Crippen MR) is 70.6 cm³/mol. The summed E-state index contributed by atoms with van der Waals surface area (Å²) in [7, 11) is -3.73. The first kappa shape index (κ1) is 14.2. The highest BCUT2D eigenvalue weighted by Crippen LogP contribution is 2.35. The summed E-state index contributed by atoms with van der Waals surface area (Å²) >= 11 is 5.65. The molecule has 1 saturated carbocycles. The molecule has 1 aromatic rings. The summed E-state index contributed by atoms with van der Waals surface area (Å²) in [6, 6.07) is 3.40. The van der Waals surface area contributed by atoms with Crippen molar-refractivity contribution >= 4 is 27.3 Å². The van der Waals surface area contributed by atoms with Gasteiger partial charge in [-0.1, -0.05) is 24.9 Å². The molecule has 1 N–H and O–H groups in total. The largest absolute Gasteiger partial charge is 0.289 e. The number of nitro benzene ring substituents is 1. The van der Waals surface area contributed by atoms with Gasteiger partial charge in [-0.05, 0) is 24.5 Å². The number of hydrogen-bond donors (Lipinski definition) is 1. The van der Waals surface area contributed by atoms with Crippen molar-refractivity contribution in [3.05, 3.63) is 33.3 Å². The Bertz CT molecular complexity index is 617. The Hall–Kier alpha value is -1.18. The quantitative estimate of drug-likeness (QED) is 0.668. The molecule has 6 nitrogen and oxygen atoms in total. The van der Waals surface area contributed by atoms with Gasteiger partial charge in [0.05, 0.1) is 9.82 Å². The second-order valence-corrected chi connectivity index (χ2v) is 6.62. The SMILES string of the molecule is CCC1CC1NS(=O)(=O)c1ccc(Cl)c([N+](=O)[O-])c1. The Kier molecular flexibility index (Phi) is 3.80. The molecule has 1 aliphatic carbocycles. The van der Waals surface area contributed by atoms with Crippen LogP contribution in [0, 0.1) is 16.0 Å². The zero-order chi connectivity index (χ0) is 14.2. The lowest BCUT2D eigenvalue weighted by Gasteiger charge is -2.06. The molecule has 0 bridgehead atoms. The molecule has 1 fully saturated rings. The van der Waals surface area contributed by atoms with Crippen molar-refractivity contribution in [1.29, 1.82) is 0 Å². The number of rotatable bonds is 5. The summed E-state index contributed by atoms with van der Waals surface area (Å²) < 4.78 is 26.6. The molecule has 0 heterocycles. The lowest BCUT2D eigenvalue weighted by molar-refractivity contribution is -0.384. The minimum absolute atomic E-state index is 0.0651. The highest BCUT2D eigenvalue weighted by atomic mass is 35.5. The minimum atomic E-state index is -3.73. The maximum absolute atomic E-state index is 12.1. The molecule has 2 atom stereocenters. The van der Waals surface area contributed by atoms with Gasteiger partial charge in [0, 0.05) is 12.1 Å². The van der Waals surface area contributed by atoms with E-state index in [1.807, 2.05) is 6.92 Å². The first-order valence-electron chi connectivity index (χ1n) is 5.81. The summed E-state index contributed by atoms with van der Waals surface area (Å²) in [5.41, 5.74) is -0.410. The number of nitro groups is 1. The molecule has 0 amide bonds. The van der Waals surface area contributed by atoms with Gasteiger partial charge < -0.3 is 0 Å². The van der Waals surface area contributed by atoms with Crippen molar-refractivity contribution in [3.63, 3.8) is 0 Å². The van der Waals surface area contributed by atoms with E-state index in [1.165, 1.54) is 12.1 Å². The molecular weight excluding hydrogens is 292 g/mol. The van der Waals surface area contributed by atoms with Crippen LogP contribution < -0.4 is 4.72 Å². The number of nitrogens with one attached hydrogen (secondary N) is 1. The third-order valence-electron chi connectivity index (χ3n) is 3.18. The summed E-state index contributed by atoms with van der Waals surface area (Å²) in [5, 5.41) is 10.7. The molecule has 0 radical (unpaired) electrons. The van der Waals surface area contributed by atoms with E-state index < -0.39 is 20.6 Å². The second kappa shape index (κ2) is 5.07. The lowest BCUT2D eigenvalue weighted by atomic mass is 10.3. The van der Waals surface area contributed by atoms with Gasteiger partial charge in [0.25, 0.3) is 5.69 Å². The molecule has 104 valence electrons. The van der Waals surface area contributed by atoms with Crippen molar-refractivity contribution in [2.24, 2.45) is 5.92 Å². The maximum atomic E-state index is 12.1. The Morgan fingerprint density at radius 3 is 2.74 bits per heavy atom. The van der Waals surface area contributed by atoms with Gasteiger partial charge in [0.15, 0.2) is 0 Å². The van der Waals surface area contributed by atoms with Crippen molar-refractivity contribution in [2.75, 3.05) is 0 Å². The van der Waals surface area contributed by atoms with E-state index in [-0.39, 0.29) is 16.0 Å². The van der Waals surface area contributed by atoms with Crippen LogP contribution in [-0.2, 0) is 10.0 Å². The lowest BCUT2D eigenvalue weighted by Crippen LogP contribution is -2.27. The van der Waals surface area contributed by atoms with Crippen LogP contribution in [0.4, 0.5) is 5.69 Å². The van der Waals surface area contributed by atoms with Crippen LogP contribution >= 0.6 is 11.6 Å². The Balaban J connectivity index is 2.26. The van der Waals surface area contributed by atoms with Crippen LogP contribution in [-0.4, -0.2) is 19.4 Å². The summed E-state index contributed by atoms with van der Waals surface area (Å²) in [6.45, 7) is 1.99. The van der Waals surface area contributed by atoms with Crippen LogP contribution in [0.1, 0.15) is 19.8 Å². The normalized spacial score (nSPS) is 22.2. The Labute approximate surface area is 116 Å². The van der Waals surface area contributed by atoms with Crippen LogP contribution in [0.25, 0.3) is 0 Å². The number of halogens is 1. The molecule has 2 rings (SSSR count). The standard InChI is InChI=1S/C11H13ClN2O4S/c1-2-7-5-10(7)13-19(17,18)8-3-4-9(12)11(6-8)14(15)16/h3-4,6-7,10,13H,2,5H2,1H3. The monoisotopic (exact) mass is 304 g/mol. The first-order chi connectivity index (χ1) is 8.85. The van der Waals surface area contributed by atoms with E-state index >= 15 is 0 Å². The first-order valence-corrected chi connectivity index (χ1v) is 7.67. The number of hydrogen-bond acceptors (Lipinski definition) is 4. The summed E-state index contributed by atoms with van der Waals surface area (Å²) in [5.74, 6) is 0.358. The van der Waals surface area contributed by atoms with Gasteiger partial charge in [0.2, 0.25) is 10.0 Å².